The van der Waals surface area contributed by atoms with Gasteiger partial charge in [0.2, 0.25) is 0 Å². The number of aryl methyl sites for hydroxylation is 1. The van der Waals surface area contributed by atoms with E-state index in [4.69, 9.17) is 15.2 Å². The first-order chi connectivity index (χ1) is 7.88. The molecule has 5 heteroatoms. The smallest absolute Gasteiger partial charge is 0.0948 e. The minimum atomic E-state index is 0.546. The van der Waals surface area contributed by atoms with Crippen LogP contribution in [0.2, 0.25) is 0 Å². The van der Waals surface area contributed by atoms with E-state index in [0.29, 0.717) is 19.8 Å². The van der Waals surface area contributed by atoms with Gasteiger partial charge in [-0.05, 0) is 12.8 Å². The van der Waals surface area contributed by atoms with E-state index in [0.717, 1.165) is 31.7 Å². The minimum absolute atomic E-state index is 0.546. The van der Waals surface area contributed by atoms with E-state index in [9.17, 15) is 0 Å². The molecule has 0 spiro atoms. The van der Waals surface area contributed by atoms with Crippen molar-refractivity contribution in [3.63, 3.8) is 0 Å². The second-order valence-electron chi connectivity index (χ2n) is 3.59. The molecule has 0 radical (unpaired) electrons. The highest BCUT2D eigenvalue weighted by molar-refractivity contribution is 4.96. The molecule has 92 valence electrons. The minimum Gasteiger partial charge on any atom is -0.382 e. The second kappa shape index (κ2) is 8.27. The third-order valence-corrected chi connectivity index (χ3v) is 2.38. The van der Waals surface area contributed by atoms with Crippen molar-refractivity contribution in [3.05, 3.63) is 18.2 Å². The number of rotatable bonds is 9. The number of hydrogen-bond donors (Lipinski definition) is 1. The van der Waals surface area contributed by atoms with Gasteiger partial charge in [-0.25, -0.2) is 4.98 Å². The van der Waals surface area contributed by atoms with Crippen molar-refractivity contribution in [1.29, 1.82) is 0 Å². The van der Waals surface area contributed by atoms with E-state index < -0.39 is 0 Å². The zero-order valence-corrected chi connectivity index (χ0v) is 9.89. The molecule has 0 unspecified atom stereocenters. The van der Waals surface area contributed by atoms with Crippen molar-refractivity contribution in [3.8, 4) is 0 Å². The lowest BCUT2D eigenvalue weighted by atomic mass is 10.3. The summed E-state index contributed by atoms with van der Waals surface area (Å²) in [4.78, 5) is 4.07. The fourth-order valence-electron chi connectivity index (χ4n) is 1.45. The highest BCUT2D eigenvalue weighted by Crippen LogP contribution is 2.01. The lowest BCUT2D eigenvalue weighted by molar-refractivity contribution is 0.0684. The van der Waals surface area contributed by atoms with Crippen LogP contribution in [-0.2, 0) is 22.6 Å². The SMILES string of the molecule is COCCOCCCCn1cncc1CN. The number of ether oxygens (including phenoxy) is 2. The third-order valence-electron chi connectivity index (χ3n) is 2.38. The van der Waals surface area contributed by atoms with Crippen LogP contribution in [0.3, 0.4) is 0 Å². The van der Waals surface area contributed by atoms with Crippen molar-refractivity contribution in [2.75, 3.05) is 26.9 Å². The Kier molecular flexibility index (Phi) is 6.80. The Bertz CT molecular complexity index is 276. The van der Waals surface area contributed by atoms with Gasteiger partial charge >= 0.3 is 0 Å². The summed E-state index contributed by atoms with van der Waals surface area (Å²) in [7, 11) is 1.68. The van der Waals surface area contributed by atoms with E-state index >= 15 is 0 Å². The molecule has 1 aromatic rings. The van der Waals surface area contributed by atoms with Crippen LogP contribution in [0.25, 0.3) is 0 Å². The average molecular weight is 227 g/mol. The van der Waals surface area contributed by atoms with Gasteiger partial charge in [-0.3, -0.25) is 0 Å². The lowest BCUT2D eigenvalue weighted by Gasteiger charge is -2.06. The molecule has 0 fully saturated rings. The largest absolute Gasteiger partial charge is 0.382 e. The number of nitrogens with zero attached hydrogens (tertiary/aromatic N) is 2. The standard InChI is InChI=1S/C11H21N3O2/c1-15-6-7-16-5-3-2-4-14-10-13-9-11(14)8-12/h9-10H,2-8,12H2,1H3. The van der Waals surface area contributed by atoms with Gasteiger partial charge in [-0.2, -0.15) is 0 Å². The van der Waals surface area contributed by atoms with Gasteiger partial charge in [0.15, 0.2) is 0 Å². The normalized spacial score (nSPS) is 10.9. The highest BCUT2D eigenvalue weighted by Gasteiger charge is 1.98. The molecule has 16 heavy (non-hydrogen) atoms. The van der Waals surface area contributed by atoms with Gasteiger partial charge < -0.3 is 19.8 Å². The molecule has 0 aliphatic rings. The average Bonchev–Trinajstić information content (AvgIpc) is 2.75. The Labute approximate surface area is 96.6 Å². The summed E-state index contributed by atoms with van der Waals surface area (Å²) >= 11 is 0. The maximum Gasteiger partial charge on any atom is 0.0948 e. The fraction of sp³-hybridized carbons (Fsp3) is 0.727. The number of methoxy groups -OCH3 is 1. The van der Waals surface area contributed by atoms with Crippen LogP contribution >= 0.6 is 0 Å². The summed E-state index contributed by atoms with van der Waals surface area (Å²) in [6.45, 7) is 3.63. The first-order valence-corrected chi connectivity index (χ1v) is 5.64. The summed E-state index contributed by atoms with van der Waals surface area (Å²) in [5.74, 6) is 0. The van der Waals surface area contributed by atoms with E-state index in [1.165, 1.54) is 0 Å². The maximum absolute atomic E-state index is 5.58. The van der Waals surface area contributed by atoms with Crippen molar-refractivity contribution in [2.45, 2.75) is 25.9 Å². The zero-order valence-electron chi connectivity index (χ0n) is 9.89. The Morgan fingerprint density at radius 2 is 2.19 bits per heavy atom. The third kappa shape index (κ3) is 4.74. The molecule has 0 saturated carbocycles. The van der Waals surface area contributed by atoms with Crippen LogP contribution in [0.15, 0.2) is 12.5 Å². The van der Waals surface area contributed by atoms with Gasteiger partial charge in [-0.1, -0.05) is 0 Å². The highest BCUT2D eigenvalue weighted by atomic mass is 16.5. The molecule has 0 aliphatic carbocycles. The van der Waals surface area contributed by atoms with Crippen LogP contribution < -0.4 is 5.73 Å². The Morgan fingerprint density at radius 3 is 2.94 bits per heavy atom. The summed E-state index contributed by atoms with van der Waals surface area (Å²) in [5.41, 5.74) is 6.66. The first-order valence-electron chi connectivity index (χ1n) is 5.64. The number of nitrogens with two attached hydrogens (primary N) is 1. The molecular weight excluding hydrogens is 206 g/mol. The van der Waals surface area contributed by atoms with Crippen LogP contribution in [0.1, 0.15) is 18.5 Å². The zero-order chi connectivity index (χ0) is 11.6. The molecule has 2 N–H and O–H groups in total. The number of aromatic nitrogens is 2. The second-order valence-corrected chi connectivity index (χ2v) is 3.59. The number of unbranched alkanes of at least 4 members (excludes halogenated alkanes) is 1. The van der Waals surface area contributed by atoms with Crippen LogP contribution in [-0.4, -0.2) is 36.5 Å². The van der Waals surface area contributed by atoms with Gasteiger partial charge in [0.1, 0.15) is 0 Å². The van der Waals surface area contributed by atoms with E-state index in [1.807, 2.05) is 12.5 Å². The van der Waals surface area contributed by atoms with Crippen LogP contribution in [0.4, 0.5) is 0 Å². The number of imidazole rings is 1. The number of hydrogen-bond acceptors (Lipinski definition) is 4. The van der Waals surface area contributed by atoms with E-state index in [-0.39, 0.29) is 0 Å². The molecule has 0 aromatic carbocycles. The Morgan fingerprint density at radius 1 is 1.31 bits per heavy atom. The monoisotopic (exact) mass is 227 g/mol. The molecule has 0 amide bonds. The topological polar surface area (TPSA) is 62.3 Å². The molecule has 1 aromatic heterocycles. The van der Waals surface area contributed by atoms with Crippen LogP contribution in [0.5, 0.6) is 0 Å². The van der Waals surface area contributed by atoms with Crippen LogP contribution in [0, 0.1) is 0 Å². The fourth-order valence-corrected chi connectivity index (χ4v) is 1.45. The molecule has 0 aliphatic heterocycles. The molecule has 0 atom stereocenters. The van der Waals surface area contributed by atoms with Gasteiger partial charge in [0.05, 0.1) is 25.2 Å². The van der Waals surface area contributed by atoms with Crippen molar-refractivity contribution < 1.29 is 9.47 Å². The maximum atomic E-state index is 5.58. The summed E-state index contributed by atoms with van der Waals surface area (Å²) in [6, 6.07) is 0. The predicted molar refractivity (Wildman–Crippen MR) is 62.0 cm³/mol. The Hall–Kier alpha value is -0.910. The lowest BCUT2D eigenvalue weighted by Crippen LogP contribution is -2.08. The van der Waals surface area contributed by atoms with Crippen molar-refractivity contribution in [2.24, 2.45) is 5.73 Å². The van der Waals surface area contributed by atoms with Crippen molar-refractivity contribution in [1.82, 2.24) is 9.55 Å². The summed E-state index contributed by atoms with van der Waals surface area (Å²) < 4.78 is 12.4. The van der Waals surface area contributed by atoms with Gasteiger partial charge in [-0.15, -0.1) is 0 Å². The van der Waals surface area contributed by atoms with E-state index in [1.54, 1.807) is 7.11 Å². The molecule has 1 rings (SSSR count). The Balaban J connectivity index is 2.03. The molecular formula is C11H21N3O2. The van der Waals surface area contributed by atoms with E-state index in [2.05, 4.69) is 9.55 Å². The molecule has 0 saturated heterocycles. The molecule has 0 bridgehead atoms. The molecule has 1 heterocycles. The summed E-state index contributed by atoms with van der Waals surface area (Å²) in [6.07, 6.45) is 5.77. The first kappa shape index (κ1) is 13.2. The van der Waals surface area contributed by atoms with Gasteiger partial charge in [0, 0.05) is 33.0 Å². The quantitative estimate of drug-likeness (QED) is 0.633. The van der Waals surface area contributed by atoms with Crippen molar-refractivity contribution >= 4 is 0 Å². The van der Waals surface area contributed by atoms with Gasteiger partial charge in [0.25, 0.3) is 0 Å². The molecule has 5 nitrogen and oxygen atoms in total. The summed E-state index contributed by atoms with van der Waals surface area (Å²) in [5, 5.41) is 0. The predicted octanol–water partition coefficient (Wildman–Crippen LogP) is 0.785.